The quantitative estimate of drug-likeness (QED) is 0.914. The van der Waals surface area contributed by atoms with Crippen LogP contribution < -0.4 is 5.32 Å². The van der Waals surface area contributed by atoms with Crippen LogP contribution in [0.1, 0.15) is 50.4 Å². The Labute approximate surface area is 143 Å². The Kier molecular flexibility index (Phi) is 6.05. The van der Waals surface area contributed by atoms with Crippen LogP contribution >= 0.6 is 11.6 Å². The van der Waals surface area contributed by atoms with Gasteiger partial charge < -0.3 is 10.2 Å². The maximum Gasteiger partial charge on any atom is 0.251 e. The second-order valence-electron chi connectivity index (χ2n) is 6.58. The molecular weight excluding hydrogens is 312 g/mol. The molecule has 5 heteroatoms. The van der Waals surface area contributed by atoms with Gasteiger partial charge >= 0.3 is 0 Å². The third-order valence-corrected chi connectivity index (χ3v) is 4.66. The normalized spacial score (nSPS) is 19.5. The maximum absolute atomic E-state index is 12.9. The number of halogens is 1. The van der Waals surface area contributed by atoms with E-state index in [0.717, 1.165) is 25.8 Å². The topological polar surface area (TPSA) is 49.4 Å². The third-order valence-electron chi connectivity index (χ3n) is 4.41. The zero-order valence-electron chi connectivity index (χ0n) is 14.0. The molecule has 0 aromatic heterocycles. The molecule has 0 bridgehead atoms. The summed E-state index contributed by atoms with van der Waals surface area (Å²) in [4.78, 5) is 27.2. The summed E-state index contributed by atoms with van der Waals surface area (Å²) in [6, 6.07) is 6.43. The van der Waals surface area contributed by atoms with Crippen molar-refractivity contribution in [3.05, 3.63) is 34.9 Å². The molecule has 1 saturated heterocycles. The summed E-state index contributed by atoms with van der Waals surface area (Å²) in [7, 11) is 0. The molecule has 2 atom stereocenters. The second-order valence-corrected chi connectivity index (χ2v) is 7.01. The molecule has 1 heterocycles. The van der Waals surface area contributed by atoms with Gasteiger partial charge in [-0.25, -0.2) is 0 Å². The highest BCUT2D eigenvalue weighted by molar-refractivity contribution is 6.30. The van der Waals surface area contributed by atoms with Gasteiger partial charge in [0, 0.05) is 23.2 Å². The van der Waals surface area contributed by atoms with Crippen LogP contribution in [0.25, 0.3) is 0 Å². The SMILES string of the molecule is CC(C)C(NC(=O)c1ccc(Cl)cc1)C(=O)N1CCCCC1C. The number of benzene rings is 1. The molecule has 1 fully saturated rings. The number of carbonyl (C=O) groups is 2. The lowest BCUT2D eigenvalue weighted by molar-refractivity contribution is -0.137. The number of hydrogen-bond acceptors (Lipinski definition) is 2. The Morgan fingerprint density at radius 2 is 1.87 bits per heavy atom. The van der Waals surface area contributed by atoms with Gasteiger partial charge in [-0.1, -0.05) is 25.4 Å². The van der Waals surface area contributed by atoms with Crippen LogP contribution in [0.3, 0.4) is 0 Å². The van der Waals surface area contributed by atoms with Crippen LogP contribution in [0, 0.1) is 5.92 Å². The standard InChI is InChI=1S/C18H25ClN2O2/c1-12(2)16(18(23)21-11-5-4-6-13(21)3)20-17(22)14-7-9-15(19)10-8-14/h7-10,12-13,16H,4-6,11H2,1-3H3,(H,20,22). The third kappa shape index (κ3) is 4.47. The highest BCUT2D eigenvalue weighted by Gasteiger charge is 2.32. The van der Waals surface area contributed by atoms with Crippen molar-refractivity contribution >= 4 is 23.4 Å². The fourth-order valence-electron chi connectivity index (χ4n) is 2.94. The Balaban J connectivity index is 2.10. The van der Waals surface area contributed by atoms with E-state index in [1.54, 1.807) is 24.3 Å². The number of likely N-dealkylation sites (tertiary alicyclic amines) is 1. The maximum atomic E-state index is 12.9. The molecule has 1 aromatic carbocycles. The smallest absolute Gasteiger partial charge is 0.251 e. The van der Waals surface area contributed by atoms with Crippen molar-refractivity contribution in [2.75, 3.05) is 6.54 Å². The lowest BCUT2D eigenvalue weighted by Crippen LogP contribution is -2.54. The molecule has 1 aromatic rings. The van der Waals surface area contributed by atoms with Gasteiger partial charge in [0.25, 0.3) is 5.91 Å². The molecule has 0 spiro atoms. The molecule has 2 amide bonds. The zero-order chi connectivity index (χ0) is 17.0. The Morgan fingerprint density at radius 3 is 2.43 bits per heavy atom. The van der Waals surface area contributed by atoms with Gasteiger partial charge in [0.15, 0.2) is 0 Å². The minimum Gasteiger partial charge on any atom is -0.340 e. The van der Waals surface area contributed by atoms with Crippen molar-refractivity contribution in [2.24, 2.45) is 5.92 Å². The van der Waals surface area contributed by atoms with Gasteiger partial charge in [0.2, 0.25) is 5.91 Å². The minimum atomic E-state index is -0.501. The second kappa shape index (κ2) is 7.82. The molecule has 2 unspecified atom stereocenters. The highest BCUT2D eigenvalue weighted by atomic mass is 35.5. The first-order chi connectivity index (χ1) is 10.9. The fraction of sp³-hybridized carbons (Fsp3) is 0.556. The molecule has 1 N–H and O–H groups in total. The predicted molar refractivity (Wildman–Crippen MR) is 92.6 cm³/mol. The first kappa shape index (κ1) is 17.8. The van der Waals surface area contributed by atoms with Gasteiger partial charge in [-0.05, 0) is 56.4 Å². The average Bonchev–Trinajstić information content (AvgIpc) is 2.52. The van der Waals surface area contributed by atoms with E-state index in [1.165, 1.54) is 0 Å². The minimum absolute atomic E-state index is 0.0227. The summed E-state index contributed by atoms with van der Waals surface area (Å²) in [5, 5.41) is 3.48. The van der Waals surface area contributed by atoms with Gasteiger partial charge in [-0.15, -0.1) is 0 Å². The van der Waals surface area contributed by atoms with Crippen molar-refractivity contribution in [1.82, 2.24) is 10.2 Å². The Morgan fingerprint density at radius 1 is 1.22 bits per heavy atom. The number of carbonyl (C=O) groups excluding carboxylic acids is 2. The summed E-state index contributed by atoms with van der Waals surface area (Å²) in [6.07, 6.45) is 3.22. The average molecular weight is 337 g/mol. The summed E-state index contributed by atoms with van der Waals surface area (Å²) < 4.78 is 0. The van der Waals surface area contributed by atoms with Crippen molar-refractivity contribution < 1.29 is 9.59 Å². The van der Waals surface area contributed by atoms with Crippen molar-refractivity contribution in [2.45, 2.75) is 52.1 Å². The van der Waals surface area contributed by atoms with E-state index >= 15 is 0 Å². The van der Waals surface area contributed by atoms with Crippen LogP contribution in [-0.2, 0) is 4.79 Å². The van der Waals surface area contributed by atoms with E-state index in [-0.39, 0.29) is 23.8 Å². The lowest BCUT2D eigenvalue weighted by Gasteiger charge is -2.37. The predicted octanol–water partition coefficient (Wildman–Crippen LogP) is 3.50. The Hall–Kier alpha value is -1.55. The molecule has 2 rings (SSSR count). The number of nitrogens with zero attached hydrogens (tertiary/aromatic N) is 1. The molecule has 1 aliphatic rings. The fourth-order valence-corrected chi connectivity index (χ4v) is 3.07. The molecule has 4 nitrogen and oxygen atoms in total. The molecule has 1 aliphatic heterocycles. The lowest BCUT2D eigenvalue weighted by atomic mass is 9.98. The van der Waals surface area contributed by atoms with Crippen molar-refractivity contribution in [1.29, 1.82) is 0 Å². The van der Waals surface area contributed by atoms with Crippen LogP contribution in [-0.4, -0.2) is 35.3 Å². The van der Waals surface area contributed by atoms with E-state index in [2.05, 4.69) is 12.2 Å². The van der Waals surface area contributed by atoms with Gasteiger partial charge in [-0.2, -0.15) is 0 Å². The van der Waals surface area contributed by atoms with E-state index < -0.39 is 6.04 Å². The van der Waals surface area contributed by atoms with Crippen molar-refractivity contribution in [3.63, 3.8) is 0 Å². The Bertz CT molecular complexity index is 557. The molecule has 0 radical (unpaired) electrons. The molecular formula is C18H25ClN2O2. The summed E-state index contributed by atoms with van der Waals surface area (Å²) >= 11 is 5.85. The van der Waals surface area contributed by atoms with Crippen LogP contribution in [0.4, 0.5) is 0 Å². The highest BCUT2D eigenvalue weighted by Crippen LogP contribution is 2.19. The molecule has 0 saturated carbocycles. The van der Waals surface area contributed by atoms with Gasteiger partial charge in [0.05, 0.1) is 0 Å². The van der Waals surface area contributed by atoms with Crippen molar-refractivity contribution in [3.8, 4) is 0 Å². The number of piperidine rings is 1. The van der Waals surface area contributed by atoms with Crippen LogP contribution in [0.5, 0.6) is 0 Å². The molecule has 126 valence electrons. The van der Waals surface area contributed by atoms with Crippen LogP contribution in [0.15, 0.2) is 24.3 Å². The number of amides is 2. The largest absolute Gasteiger partial charge is 0.340 e. The molecule has 23 heavy (non-hydrogen) atoms. The zero-order valence-corrected chi connectivity index (χ0v) is 14.8. The summed E-state index contributed by atoms with van der Waals surface area (Å²) in [6.45, 7) is 6.77. The molecule has 0 aliphatic carbocycles. The van der Waals surface area contributed by atoms with Gasteiger partial charge in [0.1, 0.15) is 6.04 Å². The number of nitrogens with one attached hydrogen (secondary N) is 1. The van der Waals surface area contributed by atoms with E-state index in [9.17, 15) is 9.59 Å². The van der Waals surface area contributed by atoms with E-state index in [0.29, 0.717) is 10.6 Å². The number of hydrogen-bond donors (Lipinski definition) is 1. The first-order valence-electron chi connectivity index (χ1n) is 8.27. The first-order valence-corrected chi connectivity index (χ1v) is 8.65. The summed E-state index contributed by atoms with van der Waals surface area (Å²) in [5.41, 5.74) is 0.513. The number of rotatable bonds is 4. The monoisotopic (exact) mass is 336 g/mol. The van der Waals surface area contributed by atoms with E-state index in [4.69, 9.17) is 11.6 Å². The summed E-state index contributed by atoms with van der Waals surface area (Å²) in [5.74, 6) is -0.180. The van der Waals surface area contributed by atoms with E-state index in [1.807, 2.05) is 18.7 Å². The van der Waals surface area contributed by atoms with Crippen LogP contribution in [0.2, 0.25) is 5.02 Å². The van der Waals surface area contributed by atoms with Gasteiger partial charge in [-0.3, -0.25) is 9.59 Å².